The predicted molar refractivity (Wildman–Crippen MR) is 83.3 cm³/mol. The van der Waals surface area contributed by atoms with Crippen LogP contribution in [0.4, 0.5) is 11.4 Å². The number of hydrogen-bond donors (Lipinski definition) is 1. The highest BCUT2D eigenvalue weighted by Crippen LogP contribution is 2.30. The fourth-order valence-corrected chi connectivity index (χ4v) is 4.76. The van der Waals surface area contributed by atoms with E-state index >= 15 is 0 Å². The van der Waals surface area contributed by atoms with Crippen molar-refractivity contribution in [2.75, 3.05) is 37.0 Å². The third kappa shape index (κ3) is 3.47. The highest BCUT2D eigenvalue weighted by Gasteiger charge is 2.32. The zero-order chi connectivity index (χ0) is 15.5. The molecule has 0 unspecified atom stereocenters. The van der Waals surface area contributed by atoms with Crippen LogP contribution in [0.2, 0.25) is 0 Å². The van der Waals surface area contributed by atoms with Crippen molar-refractivity contribution in [1.82, 2.24) is 4.31 Å². The first-order chi connectivity index (χ1) is 9.96. The Labute approximate surface area is 127 Å². The molecule has 116 valence electrons. The van der Waals surface area contributed by atoms with Gasteiger partial charge in [0.15, 0.2) is 4.90 Å². The lowest BCUT2D eigenvalue weighted by atomic mass is 10.3. The minimum atomic E-state index is -3.84. The molecule has 9 heteroatoms. The van der Waals surface area contributed by atoms with Crippen molar-refractivity contribution >= 4 is 33.2 Å². The molecule has 0 saturated carbocycles. The standard InChI is InChI=1S/C12H17N3O4S2/c1-13-10-3-4-12(11(9-10)15(16)17)21(18,19)14-5-2-7-20-8-6-14/h3-4,9,13H,2,5-8H2,1H3. The Hall–Kier alpha value is -1.32. The van der Waals surface area contributed by atoms with Crippen LogP contribution in [-0.4, -0.2) is 49.3 Å². The van der Waals surface area contributed by atoms with Gasteiger partial charge in [-0.25, -0.2) is 8.42 Å². The van der Waals surface area contributed by atoms with Crippen LogP contribution in [0.25, 0.3) is 0 Å². The number of thioether (sulfide) groups is 1. The van der Waals surface area contributed by atoms with E-state index < -0.39 is 20.6 Å². The Kier molecular flexibility index (Phi) is 5.07. The molecule has 0 radical (unpaired) electrons. The van der Waals surface area contributed by atoms with Gasteiger partial charge in [0.05, 0.1) is 4.92 Å². The van der Waals surface area contributed by atoms with Gasteiger partial charge in [0.25, 0.3) is 5.69 Å². The minimum absolute atomic E-state index is 0.238. The maximum atomic E-state index is 12.7. The van der Waals surface area contributed by atoms with E-state index in [4.69, 9.17) is 0 Å². The predicted octanol–water partition coefficient (Wildman–Crippen LogP) is 1.76. The second kappa shape index (κ2) is 6.63. The molecule has 21 heavy (non-hydrogen) atoms. The van der Waals surface area contributed by atoms with E-state index in [2.05, 4.69) is 5.32 Å². The summed E-state index contributed by atoms with van der Waals surface area (Å²) in [6, 6.07) is 4.09. The molecule has 1 saturated heterocycles. The number of nitrogens with one attached hydrogen (secondary N) is 1. The van der Waals surface area contributed by atoms with Gasteiger partial charge in [0.2, 0.25) is 10.0 Å². The maximum absolute atomic E-state index is 12.7. The summed E-state index contributed by atoms with van der Waals surface area (Å²) in [5.74, 6) is 1.62. The van der Waals surface area contributed by atoms with Gasteiger partial charge in [-0.2, -0.15) is 16.1 Å². The normalized spacial score (nSPS) is 17.2. The number of nitrogens with zero attached hydrogens (tertiary/aromatic N) is 2. The molecule has 0 spiro atoms. The summed E-state index contributed by atoms with van der Waals surface area (Å²) in [6.07, 6.45) is 0.756. The van der Waals surface area contributed by atoms with Crippen molar-refractivity contribution in [3.63, 3.8) is 0 Å². The molecular formula is C12H17N3O4S2. The largest absolute Gasteiger partial charge is 0.388 e. The van der Waals surface area contributed by atoms with E-state index in [1.807, 2.05) is 0 Å². The fourth-order valence-electron chi connectivity index (χ4n) is 2.14. The lowest BCUT2D eigenvalue weighted by molar-refractivity contribution is -0.387. The number of nitro benzene ring substituents is 1. The van der Waals surface area contributed by atoms with Crippen LogP contribution < -0.4 is 5.32 Å². The van der Waals surface area contributed by atoms with E-state index in [9.17, 15) is 18.5 Å². The number of anilines is 1. The Morgan fingerprint density at radius 1 is 1.33 bits per heavy atom. The quantitative estimate of drug-likeness (QED) is 0.667. The van der Waals surface area contributed by atoms with E-state index in [1.54, 1.807) is 18.8 Å². The Morgan fingerprint density at radius 3 is 2.76 bits per heavy atom. The van der Waals surface area contributed by atoms with Gasteiger partial charge < -0.3 is 5.32 Å². The summed E-state index contributed by atoms with van der Waals surface area (Å²) in [4.78, 5) is 10.3. The summed E-state index contributed by atoms with van der Waals surface area (Å²) in [5.41, 5.74) is 0.117. The molecule has 1 aliphatic heterocycles. The second-order valence-electron chi connectivity index (χ2n) is 4.56. The summed E-state index contributed by atoms with van der Waals surface area (Å²) in [5, 5.41) is 14.0. The molecular weight excluding hydrogens is 314 g/mol. The first-order valence-electron chi connectivity index (χ1n) is 6.51. The number of rotatable bonds is 4. The Morgan fingerprint density at radius 2 is 2.10 bits per heavy atom. The van der Waals surface area contributed by atoms with Crippen LogP contribution in [0, 0.1) is 10.1 Å². The topological polar surface area (TPSA) is 92.6 Å². The summed E-state index contributed by atoms with van der Waals surface area (Å²) < 4.78 is 26.7. The highest BCUT2D eigenvalue weighted by atomic mass is 32.2. The van der Waals surface area contributed by atoms with E-state index in [0.29, 0.717) is 24.5 Å². The molecule has 0 bridgehead atoms. The molecule has 7 nitrogen and oxygen atoms in total. The molecule has 0 amide bonds. The van der Waals surface area contributed by atoms with Crippen molar-refractivity contribution in [3.8, 4) is 0 Å². The molecule has 1 heterocycles. The molecule has 1 aliphatic rings. The van der Waals surface area contributed by atoms with Gasteiger partial charge >= 0.3 is 0 Å². The van der Waals surface area contributed by atoms with Crippen LogP contribution >= 0.6 is 11.8 Å². The number of hydrogen-bond acceptors (Lipinski definition) is 6. The zero-order valence-electron chi connectivity index (χ0n) is 11.6. The van der Waals surface area contributed by atoms with Gasteiger partial charge in [-0.15, -0.1) is 0 Å². The maximum Gasteiger partial charge on any atom is 0.291 e. The van der Waals surface area contributed by atoms with Gasteiger partial charge in [0.1, 0.15) is 0 Å². The van der Waals surface area contributed by atoms with Crippen molar-refractivity contribution in [3.05, 3.63) is 28.3 Å². The van der Waals surface area contributed by atoms with Crippen LogP contribution in [0.15, 0.2) is 23.1 Å². The smallest absolute Gasteiger partial charge is 0.291 e. The van der Waals surface area contributed by atoms with Crippen molar-refractivity contribution in [1.29, 1.82) is 0 Å². The third-order valence-electron chi connectivity index (χ3n) is 3.24. The molecule has 2 rings (SSSR count). The van der Waals surface area contributed by atoms with Crippen molar-refractivity contribution in [2.45, 2.75) is 11.3 Å². The third-order valence-corrected chi connectivity index (χ3v) is 6.24. The SMILES string of the molecule is CNc1ccc(S(=O)(=O)N2CCCSCC2)c([N+](=O)[O-])c1. The van der Waals surface area contributed by atoms with Crippen LogP contribution in [0.3, 0.4) is 0 Å². The first-order valence-corrected chi connectivity index (χ1v) is 9.10. The zero-order valence-corrected chi connectivity index (χ0v) is 13.2. The van der Waals surface area contributed by atoms with Gasteiger partial charge in [-0.05, 0) is 24.3 Å². The van der Waals surface area contributed by atoms with Crippen LogP contribution in [-0.2, 0) is 10.0 Å². The lowest BCUT2D eigenvalue weighted by Gasteiger charge is -2.19. The number of nitro groups is 1. The van der Waals surface area contributed by atoms with Crippen LogP contribution in [0.1, 0.15) is 6.42 Å². The Balaban J connectivity index is 2.45. The summed E-state index contributed by atoms with van der Waals surface area (Å²) in [6.45, 7) is 0.790. The summed E-state index contributed by atoms with van der Waals surface area (Å²) >= 11 is 1.70. The minimum Gasteiger partial charge on any atom is -0.388 e. The van der Waals surface area contributed by atoms with E-state index in [0.717, 1.165) is 12.2 Å². The molecule has 1 N–H and O–H groups in total. The highest BCUT2D eigenvalue weighted by molar-refractivity contribution is 7.99. The van der Waals surface area contributed by atoms with Crippen LogP contribution in [0.5, 0.6) is 0 Å². The van der Waals surface area contributed by atoms with E-state index in [1.165, 1.54) is 22.5 Å². The summed E-state index contributed by atoms with van der Waals surface area (Å²) in [7, 11) is -2.21. The number of sulfonamides is 1. The lowest BCUT2D eigenvalue weighted by Crippen LogP contribution is -2.33. The number of benzene rings is 1. The molecule has 1 aromatic carbocycles. The monoisotopic (exact) mass is 331 g/mol. The van der Waals surface area contributed by atoms with Gasteiger partial charge in [-0.1, -0.05) is 0 Å². The average molecular weight is 331 g/mol. The fraction of sp³-hybridized carbons (Fsp3) is 0.500. The molecule has 0 aliphatic carbocycles. The first kappa shape index (κ1) is 16.1. The van der Waals surface area contributed by atoms with Gasteiger partial charge in [-0.3, -0.25) is 10.1 Å². The molecule has 0 aromatic heterocycles. The second-order valence-corrected chi connectivity index (χ2v) is 7.69. The van der Waals surface area contributed by atoms with Gasteiger partial charge in [0, 0.05) is 37.6 Å². The molecule has 1 fully saturated rings. The molecule has 0 atom stereocenters. The average Bonchev–Trinajstić information content (AvgIpc) is 2.76. The van der Waals surface area contributed by atoms with Crippen molar-refractivity contribution < 1.29 is 13.3 Å². The Bertz CT molecular complexity index is 625. The van der Waals surface area contributed by atoms with Crippen molar-refractivity contribution in [2.24, 2.45) is 0 Å². The van der Waals surface area contributed by atoms with E-state index in [-0.39, 0.29) is 4.90 Å². The molecule has 1 aromatic rings.